The van der Waals surface area contributed by atoms with Crippen LogP contribution >= 0.6 is 39.1 Å². The second-order valence-electron chi connectivity index (χ2n) is 4.12. The van der Waals surface area contributed by atoms with Gasteiger partial charge in [0.2, 0.25) is 0 Å². The van der Waals surface area contributed by atoms with E-state index in [1.165, 1.54) is 13.2 Å². The third-order valence-electron chi connectivity index (χ3n) is 2.92. The van der Waals surface area contributed by atoms with Crippen LogP contribution < -0.4 is 10.5 Å². The zero-order valence-corrected chi connectivity index (χ0v) is 13.6. The van der Waals surface area contributed by atoms with Crippen LogP contribution in [-0.4, -0.2) is 7.11 Å². The summed E-state index contributed by atoms with van der Waals surface area (Å²) in [4.78, 5) is 0. The summed E-state index contributed by atoms with van der Waals surface area (Å²) in [5, 5.41) is 0.903. The van der Waals surface area contributed by atoms with E-state index < -0.39 is 11.9 Å². The maximum atomic E-state index is 13.6. The largest absolute Gasteiger partial charge is 0.496 e. The summed E-state index contributed by atoms with van der Waals surface area (Å²) in [5.74, 6) is -0.0859. The lowest BCUT2D eigenvalue weighted by Crippen LogP contribution is -2.14. The predicted molar refractivity (Wildman–Crippen MR) is 83.1 cm³/mol. The van der Waals surface area contributed by atoms with Crippen LogP contribution in [0.25, 0.3) is 0 Å². The second-order valence-corrected chi connectivity index (χ2v) is 5.79. The highest BCUT2D eigenvalue weighted by Gasteiger charge is 2.21. The molecule has 0 radical (unpaired) electrons. The van der Waals surface area contributed by atoms with Gasteiger partial charge in [-0.1, -0.05) is 29.3 Å². The highest BCUT2D eigenvalue weighted by Crippen LogP contribution is 2.38. The van der Waals surface area contributed by atoms with Crippen molar-refractivity contribution in [3.8, 4) is 5.75 Å². The van der Waals surface area contributed by atoms with Crippen molar-refractivity contribution < 1.29 is 9.13 Å². The maximum absolute atomic E-state index is 13.6. The van der Waals surface area contributed by atoms with Crippen LogP contribution in [0.3, 0.4) is 0 Å². The van der Waals surface area contributed by atoms with E-state index in [-0.39, 0.29) is 0 Å². The number of hydrogen-bond donors (Lipinski definition) is 1. The summed E-state index contributed by atoms with van der Waals surface area (Å²) in [6, 6.07) is 7.35. The van der Waals surface area contributed by atoms with Gasteiger partial charge >= 0.3 is 0 Å². The van der Waals surface area contributed by atoms with Gasteiger partial charge in [0.1, 0.15) is 11.6 Å². The summed E-state index contributed by atoms with van der Waals surface area (Å²) < 4.78 is 19.0. The second kappa shape index (κ2) is 6.31. The Kier molecular flexibility index (Phi) is 4.91. The van der Waals surface area contributed by atoms with Crippen LogP contribution in [0.4, 0.5) is 4.39 Å². The van der Waals surface area contributed by atoms with Crippen molar-refractivity contribution in [2.24, 2.45) is 5.73 Å². The first-order chi connectivity index (χ1) is 9.45. The number of benzene rings is 2. The summed E-state index contributed by atoms with van der Waals surface area (Å²) in [6.45, 7) is 0. The zero-order chi connectivity index (χ0) is 14.9. The van der Waals surface area contributed by atoms with Crippen LogP contribution in [0, 0.1) is 5.82 Å². The van der Waals surface area contributed by atoms with E-state index in [1.807, 2.05) is 0 Å². The van der Waals surface area contributed by atoms with E-state index in [0.717, 1.165) is 0 Å². The van der Waals surface area contributed by atoms with Crippen molar-refractivity contribution in [1.29, 1.82) is 0 Å². The molecule has 0 saturated heterocycles. The van der Waals surface area contributed by atoms with Gasteiger partial charge in [0, 0.05) is 27.2 Å². The fraction of sp³-hybridized carbons (Fsp3) is 0.143. The smallest absolute Gasteiger partial charge is 0.141 e. The van der Waals surface area contributed by atoms with Crippen molar-refractivity contribution in [2.75, 3.05) is 7.11 Å². The molecule has 106 valence electrons. The Hall–Kier alpha value is -0.810. The number of ether oxygens (including phenoxy) is 1. The van der Waals surface area contributed by atoms with Gasteiger partial charge in [-0.3, -0.25) is 0 Å². The Bertz CT molecular complexity index is 631. The molecule has 0 aliphatic rings. The van der Waals surface area contributed by atoms with Gasteiger partial charge in [-0.15, -0.1) is 0 Å². The normalized spacial score (nSPS) is 12.3. The van der Waals surface area contributed by atoms with Gasteiger partial charge in [-0.05, 0) is 34.1 Å². The van der Waals surface area contributed by atoms with Crippen molar-refractivity contribution >= 4 is 39.1 Å². The third kappa shape index (κ3) is 2.93. The molecular weight excluding hydrogens is 368 g/mol. The molecule has 2 rings (SSSR count). The molecule has 0 amide bonds. The number of methoxy groups -OCH3 is 1. The number of nitrogens with two attached hydrogens (primary N) is 1. The molecule has 2 nitrogen and oxygen atoms in total. The summed E-state index contributed by atoms with van der Waals surface area (Å²) in [6.07, 6.45) is 0. The van der Waals surface area contributed by atoms with Gasteiger partial charge in [0.05, 0.1) is 17.6 Å². The highest BCUT2D eigenvalue weighted by molar-refractivity contribution is 9.10. The quantitative estimate of drug-likeness (QED) is 0.819. The minimum atomic E-state index is -0.622. The lowest BCUT2D eigenvalue weighted by Gasteiger charge is -2.19. The molecular formula is C14H11BrCl2FNO. The van der Waals surface area contributed by atoms with Crippen LogP contribution in [0.2, 0.25) is 10.0 Å². The van der Waals surface area contributed by atoms with Crippen LogP contribution in [0.5, 0.6) is 5.75 Å². The topological polar surface area (TPSA) is 35.2 Å². The van der Waals surface area contributed by atoms with E-state index in [4.69, 9.17) is 33.7 Å². The molecule has 2 aromatic carbocycles. The molecule has 0 saturated carbocycles. The average molecular weight is 379 g/mol. The van der Waals surface area contributed by atoms with E-state index in [9.17, 15) is 4.39 Å². The fourth-order valence-corrected chi connectivity index (χ4v) is 2.92. The average Bonchev–Trinajstić information content (AvgIpc) is 2.41. The molecule has 0 spiro atoms. The first kappa shape index (κ1) is 15.6. The van der Waals surface area contributed by atoms with Crippen LogP contribution in [0.1, 0.15) is 17.2 Å². The minimum Gasteiger partial charge on any atom is -0.496 e. The molecule has 20 heavy (non-hydrogen) atoms. The Balaban J connectivity index is 2.59. The Morgan fingerprint density at radius 2 is 1.85 bits per heavy atom. The maximum Gasteiger partial charge on any atom is 0.141 e. The van der Waals surface area contributed by atoms with Gasteiger partial charge < -0.3 is 10.5 Å². The SMILES string of the molecule is COc1cc(F)c(Br)cc1C(N)c1c(Cl)cccc1Cl. The number of halogens is 4. The summed E-state index contributed by atoms with van der Waals surface area (Å²) >= 11 is 15.4. The van der Waals surface area contributed by atoms with Gasteiger partial charge in [-0.2, -0.15) is 0 Å². The highest BCUT2D eigenvalue weighted by atomic mass is 79.9. The van der Waals surface area contributed by atoms with Crippen molar-refractivity contribution in [3.63, 3.8) is 0 Å². The van der Waals surface area contributed by atoms with E-state index >= 15 is 0 Å². The van der Waals surface area contributed by atoms with Crippen LogP contribution in [0.15, 0.2) is 34.8 Å². The van der Waals surface area contributed by atoms with Crippen LogP contribution in [-0.2, 0) is 0 Å². The molecule has 0 heterocycles. The van der Waals surface area contributed by atoms with Gasteiger partial charge in [-0.25, -0.2) is 4.39 Å². The molecule has 6 heteroatoms. The van der Waals surface area contributed by atoms with Crippen molar-refractivity contribution in [1.82, 2.24) is 0 Å². The van der Waals surface area contributed by atoms with Gasteiger partial charge in [0.25, 0.3) is 0 Å². The lowest BCUT2D eigenvalue weighted by molar-refractivity contribution is 0.404. The zero-order valence-electron chi connectivity index (χ0n) is 10.5. The molecule has 0 aromatic heterocycles. The third-order valence-corrected chi connectivity index (χ3v) is 4.19. The van der Waals surface area contributed by atoms with Crippen molar-refractivity contribution in [2.45, 2.75) is 6.04 Å². The van der Waals surface area contributed by atoms with E-state index in [2.05, 4.69) is 15.9 Å². The predicted octanol–water partition coefficient (Wildman–Crippen LogP) is 4.95. The summed E-state index contributed by atoms with van der Waals surface area (Å²) in [7, 11) is 1.45. The molecule has 1 atom stereocenters. The van der Waals surface area contributed by atoms with Gasteiger partial charge in [0.15, 0.2) is 0 Å². The molecule has 0 bridgehead atoms. The first-order valence-corrected chi connectivity index (χ1v) is 7.23. The Labute approximate surface area is 134 Å². The molecule has 0 fully saturated rings. The number of rotatable bonds is 3. The van der Waals surface area contributed by atoms with E-state index in [0.29, 0.717) is 31.4 Å². The fourth-order valence-electron chi connectivity index (χ4n) is 1.93. The van der Waals surface area contributed by atoms with Crippen molar-refractivity contribution in [3.05, 3.63) is 61.8 Å². The molecule has 1 unspecified atom stereocenters. The minimum absolute atomic E-state index is 0.298. The molecule has 2 aromatic rings. The molecule has 0 aliphatic carbocycles. The number of hydrogen-bond acceptors (Lipinski definition) is 2. The van der Waals surface area contributed by atoms with E-state index in [1.54, 1.807) is 24.3 Å². The molecule has 0 aliphatic heterocycles. The Morgan fingerprint density at radius 3 is 2.40 bits per heavy atom. The standard InChI is InChI=1S/C14H11BrCl2FNO/c1-20-12-6-11(18)8(15)5-7(12)14(19)13-9(16)3-2-4-10(13)17/h2-6,14H,19H2,1H3. The monoisotopic (exact) mass is 377 g/mol. The molecule has 2 N–H and O–H groups in total. The summed E-state index contributed by atoms with van der Waals surface area (Å²) in [5.41, 5.74) is 7.39. The lowest BCUT2D eigenvalue weighted by atomic mass is 9.98. The Morgan fingerprint density at radius 1 is 1.25 bits per heavy atom. The first-order valence-electron chi connectivity index (χ1n) is 5.68.